The van der Waals surface area contributed by atoms with Crippen LogP contribution in [0.25, 0.3) is 11.0 Å². The quantitative estimate of drug-likeness (QED) is 0.547. The first kappa shape index (κ1) is 24.4. The number of piperidine rings is 1. The van der Waals surface area contributed by atoms with E-state index in [2.05, 4.69) is 42.0 Å². The van der Waals surface area contributed by atoms with Crippen molar-refractivity contribution in [2.24, 2.45) is 0 Å². The molecule has 2 N–H and O–H groups in total. The first-order chi connectivity index (χ1) is 17.5. The lowest BCUT2D eigenvalue weighted by atomic mass is 10.1. The van der Waals surface area contributed by atoms with Crippen molar-refractivity contribution in [1.82, 2.24) is 30.1 Å². The van der Waals surface area contributed by atoms with Crippen LogP contribution < -0.4 is 15.8 Å². The number of rotatable bonds is 6. The number of aromatic amines is 1. The molecule has 5 heterocycles. The number of aryl methyl sites for hydroxylation is 1. The van der Waals surface area contributed by atoms with Gasteiger partial charge in [0.2, 0.25) is 0 Å². The van der Waals surface area contributed by atoms with Gasteiger partial charge in [0.05, 0.1) is 22.9 Å². The summed E-state index contributed by atoms with van der Waals surface area (Å²) in [6, 6.07) is 7.98. The van der Waals surface area contributed by atoms with Crippen LogP contribution in [0.3, 0.4) is 0 Å². The average molecular weight is 490 g/mol. The molecule has 0 spiro atoms. The Balaban J connectivity index is 1.14. The highest BCUT2D eigenvalue weighted by Crippen LogP contribution is 2.18. The Morgan fingerprint density at radius 1 is 1.06 bits per heavy atom. The summed E-state index contributed by atoms with van der Waals surface area (Å²) < 4.78 is 0. The minimum absolute atomic E-state index is 0.0310. The molecule has 36 heavy (non-hydrogen) atoms. The summed E-state index contributed by atoms with van der Waals surface area (Å²) in [6.07, 6.45) is 6.39. The van der Waals surface area contributed by atoms with Crippen molar-refractivity contribution in [3.63, 3.8) is 0 Å². The molecule has 5 rings (SSSR count). The molecule has 3 aromatic heterocycles. The molecule has 0 saturated carbocycles. The molecule has 2 aliphatic heterocycles. The predicted molar refractivity (Wildman–Crippen MR) is 141 cm³/mol. The Bertz CT molecular complexity index is 1260. The lowest BCUT2D eigenvalue weighted by Gasteiger charge is -2.36. The highest BCUT2D eigenvalue weighted by molar-refractivity contribution is 5.92. The average Bonchev–Trinajstić information content (AvgIpc) is 2.90. The number of piperazine rings is 1. The van der Waals surface area contributed by atoms with Gasteiger partial charge in [0.15, 0.2) is 0 Å². The third-order valence-electron chi connectivity index (χ3n) is 7.38. The van der Waals surface area contributed by atoms with Gasteiger partial charge in [0.1, 0.15) is 5.69 Å². The van der Waals surface area contributed by atoms with Crippen LogP contribution in [-0.2, 0) is 13.0 Å². The largest absolute Gasteiger partial charge is 0.368 e. The number of nitrogens with zero attached hydrogens (tertiary/aromatic N) is 5. The standard InChI is InChI=1S/C27H35N7O2/c1-3-20-15-24-25(31-26(20)35)14-19(16-28-24)18-33-10-12-34(13-11-33)22-4-5-23(29-17-22)27(36)30-21-6-8-32(2)9-7-21/h4-5,14-17,21H,3,6-13,18H2,1-2H3,(H,30,36)(H,31,35). The second-order valence-electron chi connectivity index (χ2n) is 9.97. The van der Waals surface area contributed by atoms with Gasteiger partial charge < -0.3 is 20.1 Å². The number of nitrogens with one attached hydrogen (secondary N) is 2. The van der Waals surface area contributed by atoms with Gasteiger partial charge in [-0.05, 0) is 69.2 Å². The highest BCUT2D eigenvalue weighted by atomic mass is 16.2. The molecule has 0 unspecified atom stereocenters. The van der Waals surface area contributed by atoms with Crippen LogP contribution in [0.2, 0.25) is 0 Å². The fraction of sp³-hybridized carbons (Fsp3) is 0.481. The van der Waals surface area contributed by atoms with Crippen molar-refractivity contribution in [3.05, 3.63) is 63.8 Å². The zero-order valence-electron chi connectivity index (χ0n) is 21.2. The molecular weight excluding hydrogens is 454 g/mol. The minimum Gasteiger partial charge on any atom is -0.368 e. The summed E-state index contributed by atoms with van der Waals surface area (Å²) in [5.41, 5.74) is 4.97. The summed E-state index contributed by atoms with van der Waals surface area (Å²) in [5, 5.41) is 3.13. The number of carbonyl (C=O) groups excluding carboxylic acids is 1. The van der Waals surface area contributed by atoms with Crippen molar-refractivity contribution in [2.45, 2.75) is 38.8 Å². The SMILES string of the molecule is CCc1cc2ncc(CN3CCN(c4ccc(C(=O)NC5CCN(C)CC5)nc4)CC3)cc2[nH]c1=O. The number of likely N-dealkylation sites (tertiary alicyclic amines) is 1. The van der Waals surface area contributed by atoms with Crippen molar-refractivity contribution in [2.75, 3.05) is 51.2 Å². The Morgan fingerprint density at radius 3 is 2.53 bits per heavy atom. The number of H-pyrrole nitrogens is 1. The summed E-state index contributed by atoms with van der Waals surface area (Å²) in [6.45, 7) is 8.41. The van der Waals surface area contributed by atoms with Gasteiger partial charge in [0, 0.05) is 50.5 Å². The fourth-order valence-corrected chi connectivity index (χ4v) is 5.06. The van der Waals surface area contributed by atoms with Crippen LogP contribution in [0.1, 0.15) is 41.4 Å². The van der Waals surface area contributed by atoms with Gasteiger partial charge in [-0.1, -0.05) is 6.92 Å². The van der Waals surface area contributed by atoms with E-state index < -0.39 is 0 Å². The molecule has 0 radical (unpaired) electrons. The summed E-state index contributed by atoms with van der Waals surface area (Å²) >= 11 is 0. The third-order valence-corrected chi connectivity index (χ3v) is 7.38. The topological polar surface area (TPSA) is 97.5 Å². The molecule has 0 bridgehead atoms. The molecule has 2 fully saturated rings. The highest BCUT2D eigenvalue weighted by Gasteiger charge is 2.21. The normalized spacial score (nSPS) is 18.0. The van der Waals surface area contributed by atoms with Gasteiger partial charge >= 0.3 is 0 Å². The molecule has 2 saturated heterocycles. The molecular formula is C27H35N7O2. The van der Waals surface area contributed by atoms with Gasteiger partial charge in [-0.2, -0.15) is 0 Å². The zero-order chi connectivity index (χ0) is 25.1. The number of carbonyl (C=O) groups is 1. The Morgan fingerprint density at radius 2 is 1.83 bits per heavy atom. The van der Waals surface area contributed by atoms with Gasteiger partial charge in [-0.15, -0.1) is 0 Å². The second-order valence-corrected chi connectivity index (χ2v) is 9.97. The molecule has 190 valence electrons. The van der Waals surface area contributed by atoms with Crippen molar-refractivity contribution < 1.29 is 4.79 Å². The molecule has 1 amide bonds. The molecule has 0 atom stereocenters. The van der Waals surface area contributed by atoms with Crippen molar-refractivity contribution in [3.8, 4) is 0 Å². The van der Waals surface area contributed by atoms with E-state index in [-0.39, 0.29) is 17.5 Å². The number of aromatic nitrogens is 3. The molecule has 0 aromatic carbocycles. The molecule has 3 aromatic rings. The number of pyridine rings is 3. The van der Waals surface area contributed by atoms with E-state index in [9.17, 15) is 9.59 Å². The third kappa shape index (κ3) is 5.57. The number of hydrogen-bond acceptors (Lipinski definition) is 7. The number of amides is 1. The molecule has 2 aliphatic rings. The fourth-order valence-electron chi connectivity index (χ4n) is 5.06. The van der Waals surface area contributed by atoms with Crippen molar-refractivity contribution >= 4 is 22.6 Å². The van der Waals surface area contributed by atoms with Crippen LogP contribution in [0.4, 0.5) is 5.69 Å². The summed E-state index contributed by atoms with van der Waals surface area (Å²) in [4.78, 5) is 43.8. The maximum Gasteiger partial charge on any atom is 0.270 e. The van der Waals surface area contributed by atoms with Crippen LogP contribution >= 0.6 is 0 Å². The number of fused-ring (bicyclic) bond motifs is 1. The van der Waals surface area contributed by atoms with E-state index in [1.165, 1.54) is 0 Å². The summed E-state index contributed by atoms with van der Waals surface area (Å²) in [7, 11) is 2.11. The second kappa shape index (κ2) is 10.8. The smallest absolute Gasteiger partial charge is 0.270 e. The van der Waals surface area contributed by atoms with E-state index in [4.69, 9.17) is 0 Å². The van der Waals surface area contributed by atoms with E-state index in [1.54, 1.807) is 0 Å². The molecule has 9 heteroatoms. The molecule has 9 nitrogen and oxygen atoms in total. The predicted octanol–water partition coefficient (Wildman–Crippen LogP) is 2.03. The van der Waals surface area contributed by atoms with Gasteiger partial charge in [-0.25, -0.2) is 4.98 Å². The van der Waals surface area contributed by atoms with Crippen LogP contribution in [-0.4, -0.2) is 83.0 Å². The molecule has 0 aliphatic carbocycles. The van der Waals surface area contributed by atoms with E-state index in [0.717, 1.165) is 86.5 Å². The number of hydrogen-bond donors (Lipinski definition) is 2. The maximum atomic E-state index is 12.6. The maximum absolute atomic E-state index is 12.6. The van der Waals surface area contributed by atoms with E-state index >= 15 is 0 Å². The lowest BCUT2D eigenvalue weighted by Crippen LogP contribution is -2.46. The summed E-state index contributed by atoms with van der Waals surface area (Å²) in [5.74, 6) is -0.0859. The van der Waals surface area contributed by atoms with Crippen LogP contribution in [0.15, 0.2) is 41.5 Å². The zero-order valence-corrected chi connectivity index (χ0v) is 21.2. The Hall–Kier alpha value is -3.30. The Kier molecular flexibility index (Phi) is 7.29. The Labute approximate surface area is 211 Å². The van der Waals surface area contributed by atoms with Crippen LogP contribution in [0, 0.1) is 0 Å². The van der Waals surface area contributed by atoms with E-state index in [1.807, 2.05) is 43.6 Å². The first-order valence-electron chi connectivity index (χ1n) is 12.9. The first-order valence-corrected chi connectivity index (χ1v) is 12.9. The lowest BCUT2D eigenvalue weighted by molar-refractivity contribution is 0.0912. The van der Waals surface area contributed by atoms with E-state index in [0.29, 0.717) is 12.1 Å². The minimum atomic E-state index is -0.0859. The van der Waals surface area contributed by atoms with Crippen molar-refractivity contribution in [1.29, 1.82) is 0 Å². The number of anilines is 1. The van der Waals surface area contributed by atoms with Gasteiger partial charge in [-0.3, -0.25) is 19.5 Å². The van der Waals surface area contributed by atoms with Gasteiger partial charge in [0.25, 0.3) is 11.5 Å². The van der Waals surface area contributed by atoms with Crippen LogP contribution in [0.5, 0.6) is 0 Å². The monoisotopic (exact) mass is 489 g/mol.